The Morgan fingerprint density at radius 1 is 1.38 bits per heavy atom. The normalized spacial score (nSPS) is 10.5. The highest BCUT2D eigenvalue weighted by Crippen LogP contribution is 2.13. The van der Waals surface area contributed by atoms with E-state index in [1.807, 2.05) is 0 Å². The molecule has 0 fully saturated rings. The Kier molecular flexibility index (Phi) is 5.40. The zero-order valence-corrected chi connectivity index (χ0v) is 12.6. The summed E-state index contributed by atoms with van der Waals surface area (Å²) in [6.07, 6.45) is 1.19. The van der Waals surface area contributed by atoms with Crippen LogP contribution in [0, 0.1) is 10.1 Å². The van der Waals surface area contributed by atoms with Crippen LogP contribution in [-0.2, 0) is 4.74 Å². The van der Waals surface area contributed by atoms with Gasteiger partial charge in [0.1, 0.15) is 5.76 Å². The fraction of sp³-hybridized carbons (Fsp3) is 0.133. The number of carbonyl (C=O) groups excluding carboxylic acids is 2. The number of benzene rings is 1. The molecule has 0 saturated heterocycles. The molecule has 9 heteroatoms. The van der Waals surface area contributed by atoms with Gasteiger partial charge < -0.3 is 9.15 Å². The molecule has 1 aromatic carbocycles. The number of furan rings is 1. The average Bonchev–Trinajstić information content (AvgIpc) is 3.04. The molecule has 0 aliphatic rings. The lowest BCUT2D eigenvalue weighted by Crippen LogP contribution is -2.17. The van der Waals surface area contributed by atoms with Crippen molar-refractivity contribution in [3.63, 3.8) is 0 Å². The summed E-state index contributed by atoms with van der Waals surface area (Å²) in [5.41, 5.74) is 2.10. The molecule has 1 aromatic heterocycles. The van der Waals surface area contributed by atoms with Crippen LogP contribution in [0.1, 0.15) is 33.6 Å². The molecule has 1 amide bonds. The number of hydrogen-bond donors (Lipinski definition) is 1. The number of hydrogen-bond acceptors (Lipinski definition) is 7. The van der Waals surface area contributed by atoms with E-state index in [2.05, 4.69) is 10.5 Å². The highest BCUT2D eigenvalue weighted by Gasteiger charge is 2.12. The van der Waals surface area contributed by atoms with Gasteiger partial charge in [0, 0.05) is 17.7 Å². The monoisotopic (exact) mass is 331 g/mol. The van der Waals surface area contributed by atoms with Crippen molar-refractivity contribution >= 4 is 23.8 Å². The van der Waals surface area contributed by atoms with E-state index in [4.69, 9.17) is 9.15 Å². The molecule has 0 atom stereocenters. The van der Waals surface area contributed by atoms with E-state index in [-0.39, 0.29) is 29.4 Å². The van der Waals surface area contributed by atoms with Crippen LogP contribution >= 0.6 is 0 Å². The lowest BCUT2D eigenvalue weighted by atomic mass is 10.2. The number of nitro groups is 1. The van der Waals surface area contributed by atoms with Gasteiger partial charge in [-0.1, -0.05) is 6.07 Å². The largest absolute Gasteiger partial charge is 0.460 e. The fourth-order valence-corrected chi connectivity index (χ4v) is 1.71. The average molecular weight is 331 g/mol. The molecule has 0 radical (unpaired) electrons. The first kappa shape index (κ1) is 16.9. The quantitative estimate of drug-likeness (QED) is 0.374. The minimum Gasteiger partial charge on any atom is -0.460 e. The van der Waals surface area contributed by atoms with Gasteiger partial charge in [-0.3, -0.25) is 14.9 Å². The summed E-state index contributed by atoms with van der Waals surface area (Å²) in [5, 5.41) is 14.3. The van der Waals surface area contributed by atoms with Crippen LogP contribution in [-0.4, -0.2) is 29.6 Å². The Morgan fingerprint density at radius 2 is 2.17 bits per heavy atom. The van der Waals surface area contributed by atoms with Crippen LogP contribution in [0.15, 0.2) is 45.9 Å². The Morgan fingerprint density at radius 3 is 2.88 bits per heavy atom. The Balaban J connectivity index is 1.99. The minimum atomic E-state index is -0.618. The molecule has 1 heterocycles. The van der Waals surface area contributed by atoms with Gasteiger partial charge in [0.2, 0.25) is 5.76 Å². The van der Waals surface area contributed by atoms with Gasteiger partial charge >= 0.3 is 5.97 Å². The van der Waals surface area contributed by atoms with Crippen LogP contribution in [0.3, 0.4) is 0 Å². The number of nitrogens with zero attached hydrogens (tertiary/aromatic N) is 2. The van der Waals surface area contributed by atoms with E-state index in [9.17, 15) is 19.7 Å². The van der Waals surface area contributed by atoms with Crippen molar-refractivity contribution in [2.45, 2.75) is 6.92 Å². The third kappa shape index (κ3) is 4.26. The second kappa shape index (κ2) is 7.68. The predicted molar refractivity (Wildman–Crippen MR) is 82.8 cm³/mol. The van der Waals surface area contributed by atoms with E-state index >= 15 is 0 Å². The Labute approximate surface area is 136 Å². The number of nitrogens with one attached hydrogen (secondary N) is 1. The summed E-state index contributed by atoms with van der Waals surface area (Å²) in [6, 6.07) is 8.13. The molecule has 0 saturated carbocycles. The summed E-state index contributed by atoms with van der Waals surface area (Å²) in [7, 11) is 0. The molecule has 24 heavy (non-hydrogen) atoms. The van der Waals surface area contributed by atoms with E-state index < -0.39 is 16.8 Å². The molecule has 0 bridgehead atoms. The molecular weight excluding hydrogens is 318 g/mol. The minimum absolute atomic E-state index is 0.0170. The van der Waals surface area contributed by atoms with Crippen molar-refractivity contribution in [2.24, 2.45) is 5.10 Å². The van der Waals surface area contributed by atoms with E-state index in [0.717, 1.165) is 6.07 Å². The lowest BCUT2D eigenvalue weighted by Gasteiger charge is -1.99. The number of esters is 1. The lowest BCUT2D eigenvalue weighted by molar-refractivity contribution is -0.384. The molecule has 0 spiro atoms. The van der Waals surface area contributed by atoms with Gasteiger partial charge in [0.15, 0.2) is 0 Å². The number of hydrazone groups is 1. The smallest absolute Gasteiger partial charge is 0.374 e. The molecule has 2 aromatic rings. The first-order valence-corrected chi connectivity index (χ1v) is 6.86. The zero-order chi connectivity index (χ0) is 17.5. The summed E-state index contributed by atoms with van der Waals surface area (Å²) in [6.45, 7) is 1.90. The van der Waals surface area contributed by atoms with Crippen molar-refractivity contribution < 1.29 is 23.7 Å². The fourth-order valence-electron chi connectivity index (χ4n) is 1.71. The number of amides is 1. The second-order valence-corrected chi connectivity index (χ2v) is 4.43. The molecule has 1 N–H and O–H groups in total. The van der Waals surface area contributed by atoms with Gasteiger partial charge in [-0.25, -0.2) is 10.2 Å². The van der Waals surface area contributed by atoms with Crippen molar-refractivity contribution in [2.75, 3.05) is 6.61 Å². The molecule has 0 aliphatic carbocycles. The highest BCUT2D eigenvalue weighted by molar-refractivity contribution is 5.95. The SMILES string of the molecule is CCOC(=O)c1ccc(C=NNC(=O)c2cccc([N+](=O)[O-])c2)o1. The molecule has 0 aliphatic heterocycles. The number of non-ortho nitro benzene ring substituents is 1. The molecule has 9 nitrogen and oxygen atoms in total. The second-order valence-electron chi connectivity index (χ2n) is 4.43. The number of rotatable bonds is 6. The van der Waals surface area contributed by atoms with Crippen LogP contribution in [0.5, 0.6) is 0 Å². The third-order valence-corrected chi connectivity index (χ3v) is 2.78. The maximum absolute atomic E-state index is 11.9. The van der Waals surface area contributed by atoms with Crippen molar-refractivity contribution in [1.29, 1.82) is 0 Å². The zero-order valence-electron chi connectivity index (χ0n) is 12.6. The molecular formula is C15H13N3O6. The summed E-state index contributed by atoms with van der Waals surface area (Å²) in [5.74, 6) is -0.967. The van der Waals surface area contributed by atoms with Crippen molar-refractivity contribution in [3.8, 4) is 0 Å². The maximum atomic E-state index is 11.9. The first-order valence-electron chi connectivity index (χ1n) is 6.86. The first-order chi connectivity index (χ1) is 11.5. The van der Waals surface area contributed by atoms with Crippen LogP contribution in [0.25, 0.3) is 0 Å². The van der Waals surface area contributed by atoms with Gasteiger partial charge in [0.05, 0.1) is 17.7 Å². The maximum Gasteiger partial charge on any atom is 0.374 e. The van der Waals surface area contributed by atoms with Crippen LogP contribution in [0.2, 0.25) is 0 Å². The Hall–Kier alpha value is -3.49. The number of carbonyl (C=O) groups is 2. The molecule has 2 rings (SSSR count). The highest BCUT2D eigenvalue weighted by atomic mass is 16.6. The predicted octanol–water partition coefficient (Wildman–Crippen LogP) is 2.13. The molecule has 0 unspecified atom stereocenters. The Bertz CT molecular complexity index is 796. The summed E-state index contributed by atoms with van der Waals surface area (Å²) in [4.78, 5) is 33.4. The summed E-state index contributed by atoms with van der Waals surface area (Å²) < 4.78 is 9.94. The van der Waals surface area contributed by atoms with Crippen LogP contribution in [0.4, 0.5) is 5.69 Å². The summed E-state index contributed by atoms with van der Waals surface area (Å²) >= 11 is 0. The van der Waals surface area contributed by atoms with Gasteiger partial charge in [-0.15, -0.1) is 0 Å². The van der Waals surface area contributed by atoms with Gasteiger partial charge in [-0.2, -0.15) is 5.10 Å². The van der Waals surface area contributed by atoms with Gasteiger partial charge in [0.25, 0.3) is 11.6 Å². The van der Waals surface area contributed by atoms with E-state index in [1.165, 1.54) is 36.5 Å². The molecule has 124 valence electrons. The van der Waals surface area contributed by atoms with Crippen LogP contribution < -0.4 is 5.43 Å². The standard InChI is InChI=1S/C15H13N3O6/c1-2-23-15(20)13-7-6-12(24-13)9-16-17-14(19)10-4-3-5-11(8-10)18(21)22/h3-9H,2H2,1H3,(H,17,19). The number of ether oxygens (including phenoxy) is 1. The van der Waals surface area contributed by atoms with E-state index in [1.54, 1.807) is 6.92 Å². The third-order valence-electron chi connectivity index (χ3n) is 2.78. The van der Waals surface area contributed by atoms with Gasteiger partial charge in [-0.05, 0) is 25.1 Å². The van der Waals surface area contributed by atoms with E-state index in [0.29, 0.717) is 0 Å². The topological polar surface area (TPSA) is 124 Å². The van der Waals surface area contributed by atoms with Crippen molar-refractivity contribution in [3.05, 3.63) is 63.6 Å². The number of nitro benzene ring substituents is 1. The van der Waals surface area contributed by atoms with Crippen molar-refractivity contribution in [1.82, 2.24) is 5.43 Å².